The minimum Gasteiger partial charge on any atom is -0.453 e. The SMILES string of the molecule is Cn1c(N)c(C(=O)COC(=O)c2sc3cc(Cl)ccc3c2Cl)c(=O)n(C)c1=O. The first-order valence-electron chi connectivity index (χ1n) is 7.76. The highest BCUT2D eigenvalue weighted by Gasteiger charge is 2.24. The number of halogens is 2. The molecule has 0 saturated carbocycles. The Morgan fingerprint density at radius 3 is 2.54 bits per heavy atom. The molecule has 146 valence electrons. The summed E-state index contributed by atoms with van der Waals surface area (Å²) in [4.78, 5) is 48.9. The lowest BCUT2D eigenvalue weighted by Gasteiger charge is -2.10. The van der Waals surface area contributed by atoms with Gasteiger partial charge in [0.25, 0.3) is 5.56 Å². The summed E-state index contributed by atoms with van der Waals surface area (Å²) in [6.45, 7) is -0.734. The number of anilines is 1. The number of thiophene rings is 1. The summed E-state index contributed by atoms with van der Waals surface area (Å²) in [6, 6.07) is 4.97. The zero-order valence-electron chi connectivity index (χ0n) is 14.6. The highest BCUT2D eigenvalue weighted by Crippen LogP contribution is 2.37. The second-order valence-corrected chi connectivity index (χ2v) is 7.72. The number of rotatable bonds is 4. The number of nitrogens with two attached hydrogens (primary N) is 1. The van der Waals surface area contributed by atoms with E-state index in [9.17, 15) is 19.2 Å². The Hall–Kier alpha value is -2.62. The monoisotopic (exact) mass is 441 g/mol. The number of hydrogen-bond donors (Lipinski definition) is 1. The number of ketones is 1. The quantitative estimate of drug-likeness (QED) is 0.490. The first-order valence-corrected chi connectivity index (χ1v) is 9.34. The third-order valence-corrected chi connectivity index (χ3v) is 5.97. The van der Waals surface area contributed by atoms with Crippen molar-refractivity contribution in [3.63, 3.8) is 0 Å². The molecule has 0 amide bonds. The summed E-state index contributed by atoms with van der Waals surface area (Å²) in [5.74, 6) is -1.96. The third-order valence-electron chi connectivity index (χ3n) is 4.10. The number of Topliss-reactive ketones (excluding diaryl/α,β-unsaturated/α-hetero) is 1. The van der Waals surface area contributed by atoms with Crippen molar-refractivity contribution in [2.24, 2.45) is 14.1 Å². The molecule has 0 fully saturated rings. The van der Waals surface area contributed by atoms with E-state index in [4.69, 9.17) is 33.7 Å². The van der Waals surface area contributed by atoms with E-state index in [2.05, 4.69) is 0 Å². The van der Waals surface area contributed by atoms with E-state index in [0.29, 0.717) is 15.1 Å². The topological polar surface area (TPSA) is 113 Å². The van der Waals surface area contributed by atoms with Gasteiger partial charge >= 0.3 is 11.7 Å². The number of ether oxygens (including phenoxy) is 1. The second-order valence-electron chi connectivity index (χ2n) is 5.85. The van der Waals surface area contributed by atoms with Gasteiger partial charge in [0.1, 0.15) is 16.3 Å². The van der Waals surface area contributed by atoms with Crippen molar-refractivity contribution in [1.29, 1.82) is 0 Å². The molecule has 0 radical (unpaired) electrons. The van der Waals surface area contributed by atoms with Crippen LogP contribution in [0.1, 0.15) is 20.0 Å². The maximum Gasteiger partial charge on any atom is 0.350 e. The number of nitrogens with zero attached hydrogens (tertiary/aromatic N) is 2. The average Bonchev–Trinajstić information content (AvgIpc) is 2.98. The molecule has 3 aromatic rings. The van der Waals surface area contributed by atoms with E-state index in [-0.39, 0.29) is 15.7 Å². The van der Waals surface area contributed by atoms with E-state index in [1.165, 1.54) is 14.1 Å². The molecule has 0 spiro atoms. The first kappa shape index (κ1) is 20.1. The van der Waals surface area contributed by atoms with E-state index in [0.717, 1.165) is 20.5 Å². The molecule has 0 unspecified atom stereocenters. The fraction of sp³-hybridized carbons (Fsp3) is 0.176. The van der Waals surface area contributed by atoms with Gasteiger partial charge in [-0.25, -0.2) is 9.59 Å². The lowest BCUT2D eigenvalue weighted by Crippen LogP contribution is -2.42. The smallest absolute Gasteiger partial charge is 0.350 e. The van der Waals surface area contributed by atoms with Crippen molar-refractivity contribution in [3.8, 4) is 0 Å². The van der Waals surface area contributed by atoms with Gasteiger partial charge in [-0.05, 0) is 12.1 Å². The number of carbonyl (C=O) groups is 2. The third kappa shape index (κ3) is 3.32. The normalized spacial score (nSPS) is 11.0. The molecular weight excluding hydrogens is 429 g/mol. The average molecular weight is 442 g/mol. The molecule has 1 aromatic carbocycles. The molecule has 2 heterocycles. The summed E-state index contributed by atoms with van der Waals surface area (Å²) in [5.41, 5.74) is 3.75. The largest absolute Gasteiger partial charge is 0.453 e. The first-order chi connectivity index (χ1) is 13.1. The number of hydrogen-bond acceptors (Lipinski definition) is 7. The van der Waals surface area contributed by atoms with Gasteiger partial charge in [-0.2, -0.15) is 0 Å². The van der Waals surface area contributed by atoms with Gasteiger partial charge in [0.2, 0.25) is 5.78 Å². The van der Waals surface area contributed by atoms with E-state index < -0.39 is 35.2 Å². The van der Waals surface area contributed by atoms with Crippen LogP contribution in [-0.4, -0.2) is 27.5 Å². The number of nitrogen functional groups attached to an aromatic ring is 1. The van der Waals surface area contributed by atoms with Gasteiger partial charge in [-0.3, -0.25) is 18.7 Å². The minimum absolute atomic E-state index is 0.105. The van der Waals surface area contributed by atoms with Crippen molar-refractivity contribution in [2.75, 3.05) is 12.3 Å². The molecule has 28 heavy (non-hydrogen) atoms. The Balaban J connectivity index is 1.86. The summed E-state index contributed by atoms with van der Waals surface area (Å²) >= 11 is 13.2. The maximum absolute atomic E-state index is 12.4. The molecule has 0 aliphatic heterocycles. The van der Waals surface area contributed by atoms with Crippen LogP contribution in [0.15, 0.2) is 27.8 Å². The Kier molecular flexibility index (Phi) is 5.33. The van der Waals surface area contributed by atoms with Crippen LogP contribution in [0.5, 0.6) is 0 Å². The molecule has 8 nitrogen and oxygen atoms in total. The Morgan fingerprint density at radius 2 is 1.86 bits per heavy atom. The Labute approximate surface area is 171 Å². The zero-order chi connectivity index (χ0) is 20.7. The molecule has 0 aliphatic carbocycles. The fourth-order valence-electron chi connectivity index (χ4n) is 2.56. The van der Waals surface area contributed by atoms with Gasteiger partial charge in [-0.15, -0.1) is 11.3 Å². The fourth-order valence-corrected chi connectivity index (χ4v) is 4.24. The highest BCUT2D eigenvalue weighted by molar-refractivity contribution is 7.21. The van der Waals surface area contributed by atoms with Crippen molar-refractivity contribution < 1.29 is 14.3 Å². The molecule has 2 N–H and O–H groups in total. The summed E-state index contributed by atoms with van der Waals surface area (Å²) in [7, 11) is 2.54. The van der Waals surface area contributed by atoms with Crippen molar-refractivity contribution in [2.45, 2.75) is 0 Å². The molecule has 3 rings (SSSR count). The molecule has 0 aliphatic rings. The standard InChI is InChI=1S/C17H13Cl2N3O5S/c1-21-14(20)11(15(24)22(2)17(21)26)9(23)6-27-16(25)13-12(19)8-4-3-7(18)5-10(8)28-13/h3-5H,6,20H2,1-2H3. The van der Waals surface area contributed by atoms with Gasteiger partial charge in [-0.1, -0.05) is 29.3 Å². The number of aromatic nitrogens is 2. The van der Waals surface area contributed by atoms with Crippen molar-refractivity contribution in [1.82, 2.24) is 9.13 Å². The van der Waals surface area contributed by atoms with E-state index in [1.807, 2.05) is 0 Å². The Bertz CT molecular complexity index is 1260. The summed E-state index contributed by atoms with van der Waals surface area (Å²) in [6.07, 6.45) is 0. The van der Waals surface area contributed by atoms with Crippen molar-refractivity contribution in [3.05, 3.63) is 59.5 Å². The lowest BCUT2D eigenvalue weighted by atomic mass is 10.2. The molecular formula is C17H13Cl2N3O5S. The number of carbonyl (C=O) groups excluding carboxylic acids is 2. The minimum atomic E-state index is -0.865. The zero-order valence-corrected chi connectivity index (χ0v) is 16.9. The molecule has 2 aromatic heterocycles. The van der Waals surface area contributed by atoms with Gasteiger partial charge in [0, 0.05) is 29.2 Å². The van der Waals surface area contributed by atoms with Gasteiger partial charge in [0.15, 0.2) is 6.61 Å². The van der Waals surface area contributed by atoms with Crippen LogP contribution in [0, 0.1) is 0 Å². The van der Waals surface area contributed by atoms with Crippen LogP contribution in [0.2, 0.25) is 10.0 Å². The van der Waals surface area contributed by atoms with Crippen molar-refractivity contribution >= 4 is 62.2 Å². The van der Waals surface area contributed by atoms with Crippen LogP contribution in [0.4, 0.5) is 5.82 Å². The van der Waals surface area contributed by atoms with Crippen LogP contribution < -0.4 is 17.0 Å². The number of esters is 1. The number of benzene rings is 1. The van der Waals surface area contributed by atoms with Crippen LogP contribution in [-0.2, 0) is 18.8 Å². The highest BCUT2D eigenvalue weighted by atomic mass is 35.5. The second kappa shape index (κ2) is 7.42. The lowest BCUT2D eigenvalue weighted by molar-refractivity contribution is 0.0479. The van der Waals surface area contributed by atoms with E-state index >= 15 is 0 Å². The Morgan fingerprint density at radius 1 is 1.18 bits per heavy atom. The van der Waals surface area contributed by atoms with Gasteiger partial charge in [0.05, 0.1) is 5.02 Å². The van der Waals surface area contributed by atoms with E-state index in [1.54, 1.807) is 18.2 Å². The van der Waals surface area contributed by atoms with Crippen LogP contribution in [0.25, 0.3) is 10.1 Å². The van der Waals surface area contributed by atoms with Gasteiger partial charge < -0.3 is 10.5 Å². The molecule has 0 saturated heterocycles. The molecule has 0 atom stereocenters. The summed E-state index contributed by atoms with van der Waals surface area (Å²) < 4.78 is 7.41. The van der Waals surface area contributed by atoms with Crippen LogP contribution >= 0.6 is 34.5 Å². The molecule has 11 heteroatoms. The predicted octanol–water partition coefficient (Wildman–Crippen LogP) is 2.23. The maximum atomic E-state index is 12.4. The van der Waals surface area contributed by atoms with Crippen LogP contribution in [0.3, 0.4) is 0 Å². The molecule has 0 bridgehead atoms. The summed E-state index contributed by atoms with van der Waals surface area (Å²) in [5, 5.41) is 1.30. The number of fused-ring (bicyclic) bond motifs is 1. The predicted molar refractivity (Wildman–Crippen MR) is 108 cm³/mol.